The molecule has 88 heavy (non-hydrogen) atoms. The van der Waals surface area contributed by atoms with Crippen LogP contribution in [-0.2, 0) is 57.2 Å². The number of aliphatic hydroxyl groups is 4. The Morgan fingerprint density at radius 2 is 0.807 bits per heavy atom. The van der Waals surface area contributed by atoms with E-state index in [0.717, 1.165) is 84.2 Å². The van der Waals surface area contributed by atoms with E-state index in [1.165, 1.54) is 0 Å². The first kappa shape index (κ1) is 73.5. The Bertz CT molecular complexity index is 2280. The fourth-order valence-corrected chi connectivity index (χ4v) is 15.2. The molecule has 22 heteroatoms. The van der Waals surface area contributed by atoms with E-state index in [1.54, 1.807) is 34.6 Å². The second-order valence-corrected chi connectivity index (χ2v) is 30.0. The largest absolute Gasteiger partial charge is 0.459 e. The van der Waals surface area contributed by atoms with Gasteiger partial charge in [0.05, 0.1) is 5.92 Å². The van der Waals surface area contributed by atoms with E-state index in [-0.39, 0.29) is 96.6 Å². The van der Waals surface area contributed by atoms with Crippen molar-refractivity contribution < 1.29 is 77.6 Å². The van der Waals surface area contributed by atoms with E-state index in [9.17, 15) is 49.2 Å². The number of aliphatic hydroxyl groups excluding tert-OH is 4. The molecule has 13 unspecified atom stereocenters. The monoisotopic (exact) mass is 1250 g/mol. The van der Waals surface area contributed by atoms with Crippen LogP contribution >= 0.6 is 0 Å². The van der Waals surface area contributed by atoms with Crippen molar-refractivity contribution in [2.75, 3.05) is 65.4 Å². The topological polar surface area (TPSA) is 311 Å². The smallest absolute Gasteiger partial charge is 0.338 e. The maximum Gasteiger partial charge on any atom is 0.338 e. The van der Waals surface area contributed by atoms with Crippen LogP contribution in [0, 0.1) is 53.3 Å². The van der Waals surface area contributed by atoms with Gasteiger partial charge in [-0.2, -0.15) is 0 Å². The molecule has 0 spiro atoms. The lowest BCUT2D eigenvalue weighted by Crippen LogP contribution is -2.59. The molecule has 0 aromatic carbocycles. The van der Waals surface area contributed by atoms with Crippen molar-refractivity contribution in [3.05, 3.63) is 0 Å². The van der Waals surface area contributed by atoms with E-state index < -0.39 is 81.8 Å². The zero-order valence-electron chi connectivity index (χ0n) is 55.7. The molecule has 13 atom stereocenters. The van der Waals surface area contributed by atoms with Crippen LogP contribution in [0.15, 0.2) is 0 Å². The summed E-state index contributed by atoms with van der Waals surface area (Å²) in [6.07, 6.45) is 0.0852. The van der Waals surface area contributed by atoms with Gasteiger partial charge in [-0.1, -0.05) is 13.8 Å². The second kappa shape index (κ2) is 31.8. The van der Waals surface area contributed by atoms with Crippen molar-refractivity contribution in [2.24, 2.45) is 53.3 Å². The third-order valence-corrected chi connectivity index (χ3v) is 21.2. The molecular weight excluding hydrogens is 1130 g/mol. The molecule has 0 aromatic heterocycles. The van der Waals surface area contributed by atoms with Crippen molar-refractivity contribution in [3.8, 4) is 0 Å². The number of hydrogen-bond acceptors (Lipinski definition) is 22. The standard InChI is InChI=1S/C66H116N6O16/c1-40(34-52(74)84-62(5,6)44-18-27-68-28-19-44)35-53(75)85-66(13,45-20-29-69-30-21-45)38-42-39-70-31-24-48(42)65(11,12)88-60(82)57(79)55(77)54(76)56(78)59(81)87-64(9,10)47-23-33-72-50(37-47)49-36-46(22-32-71-49)63(7,8)86-58(80)41(2)14-15-51(73)83-61(3,4)43-16-25-67-26-17-43/h40-50,54-57,67-72,76-79H,14-39H2,1-13H3. The maximum atomic E-state index is 13.9. The highest BCUT2D eigenvalue weighted by atomic mass is 16.6. The average Bonchev–Trinajstić information content (AvgIpc) is 2.64. The van der Waals surface area contributed by atoms with Gasteiger partial charge in [-0.15, -0.1) is 0 Å². The van der Waals surface area contributed by atoms with Crippen LogP contribution in [0.3, 0.4) is 0 Å². The minimum atomic E-state index is -2.35. The van der Waals surface area contributed by atoms with Gasteiger partial charge < -0.3 is 80.7 Å². The predicted molar refractivity (Wildman–Crippen MR) is 331 cm³/mol. The number of esters is 6. The van der Waals surface area contributed by atoms with E-state index in [4.69, 9.17) is 28.4 Å². The molecule has 22 nitrogen and oxygen atoms in total. The van der Waals surface area contributed by atoms with Crippen molar-refractivity contribution in [3.63, 3.8) is 0 Å². The molecule has 0 bridgehead atoms. The van der Waals surface area contributed by atoms with Crippen LogP contribution < -0.4 is 31.9 Å². The number of piperidine rings is 6. The fourth-order valence-electron chi connectivity index (χ4n) is 15.2. The van der Waals surface area contributed by atoms with Gasteiger partial charge in [-0.25, -0.2) is 9.59 Å². The van der Waals surface area contributed by atoms with Crippen molar-refractivity contribution >= 4 is 35.8 Å². The summed E-state index contributed by atoms with van der Waals surface area (Å²) >= 11 is 0. The molecule has 6 rings (SSSR count). The molecule has 0 aliphatic carbocycles. The Morgan fingerprint density at radius 1 is 0.432 bits per heavy atom. The summed E-state index contributed by atoms with van der Waals surface area (Å²) < 4.78 is 36.5. The van der Waals surface area contributed by atoms with Gasteiger partial charge in [0.15, 0.2) is 12.2 Å². The van der Waals surface area contributed by atoms with Gasteiger partial charge in [0.2, 0.25) is 0 Å². The summed E-state index contributed by atoms with van der Waals surface area (Å²) in [6.45, 7) is 31.6. The van der Waals surface area contributed by atoms with E-state index in [2.05, 4.69) is 31.9 Å². The third kappa shape index (κ3) is 20.5. The minimum absolute atomic E-state index is 0.0114. The molecule has 6 saturated heterocycles. The molecule has 6 heterocycles. The number of hydrogen-bond donors (Lipinski definition) is 10. The number of nitrogens with one attached hydrogen (secondary N) is 6. The van der Waals surface area contributed by atoms with Crippen molar-refractivity contribution in [2.45, 2.75) is 263 Å². The van der Waals surface area contributed by atoms with Crippen LogP contribution in [0.4, 0.5) is 0 Å². The Kier molecular flexibility index (Phi) is 26.6. The Hall–Kier alpha value is -3.58. The SMILES string of the molecule is CC(CC(=O)OC(C)(C)C1CCNCC1)CC(=O)OC(C)(CC1CNCCC1C(C)(C)OC(=O)C(O)C(O)C(O)C(O)C(=O)OC(C)(C)C1CCNC(C2CC(C(C)(C)OC(=O)C(C)CCC(=O)OC(C)(C)C3CCNCC3)CCN2)C1)C1CCNCC1. The quantitative estimate of drug-likeness (QED) is 0.0380. The van der Waals surface area contributed by atoms with Crippen LogP contribution in [0.1, 0.15) is 193 Å². The van der Waals surface area contributed by atoms with Gasteiger partial charge in [0.1, 0.15) is 45.8 Å². The highest BCUT2D eigenvalue weighted by Crippen LogP contribution is 2.44. The molecule has 506 valence electrons. The summed E-state index contributed by atoms with van der Waals surface area (Å²) in [6, 6.07) is -0.0806. The van der Waals surface area contributed by atoms with Crippen molar-refractivity contribution in [1.29, 1.82) is 0 Å². The summed E-state index contributed by atoms with van der Waals surface area (Å²) in [5, 5.41) is 65.6. The van der Waals surface area contributed by atoms with Gasteiger partial charge in [0.25, 0.3) is 0 Å². The average molecular weight is 1250 g/mol. The molecule has 10 N–H and O–H groups in total. The third-order valence-electron chi connectivity index (χ3n) is 21.2. The molecule has 0 saturated carbocycles. The number of carbonyl (C=O) groups excluding carboxylic acids is 6. The van der Waals surface area contributed by atoms with Crippen LogP contribution in [-0.4, -0.2) is 192 Å². The first-order valence-corrected chi connectivity index (χ1v) is 33.5. The minimum Gasteiger partial charge on any atom is -0.459 e. The van der Waals surface area contributed by atoms with Gasteiger partial charge in [0, 0.05) is 66.9 Å². The summed E-state index contributed by atoms with van der Waals surface area (Å²) in [5.74, 6) is -4.92. The lowest BCUT2D eigenvalue weighted by Gasteiger charge is -2.47. The lowest BCUT2D eigenvalue weighted by molar-refractivity contribution is -0.198. The van der Waals surface area contributed by atoms with Gasteiger partial charge in [-0.05, 0) is 237 Å². The Labute approximate surface area is 525 Å². The molecule has 6 aliphatic heterocycles. The molecule has 0 amide bonds. The molecule has 0 radical (unpaired) electrons. The number of rotatable bonds is 28. The van der Waals surface area contributed by atoms with Crippen LogP contribution in [0.25, 0.3) is 0 Å². The van der Waals surface area contributed by atoms with Crippen LogP contribution in [0.2, 0.25) is 0 Å². The zero-order valence-corrected chi connectivity index (χ0v) is 55.7. The molecule has 6 aliphatic rings. The Balaban J connectivity index is 0.980. The maximum absolute atomic E-state index is 13.9. The van der Waals surface area contributed by atoms with E-state index >= 15 is 0 Å². The normalized spacial score (nSPS) is 27.2. The Morgan fingerprint density at radius 3 is 1.27 bits per heavy atom. The van der Waals surface area contributed by atoms with Gasteiger partial charge in [-0.3, -0.25) is 19.2 Å². The number of ether oxygens (including phenoxy) is 6. The second-order valence-electron chi connectivity index (χ2n) is 30.0. The summed E-state index contributed by atoms with van der Waals surface area (Å²) in [4.78, 5) is 81.0. The predicted octanol–water partition coefficient (Wildman–Crippen LogP) is 4.52. The van der Waals surface area contributed by atoms with E-state index in [1.807, 2.05) is 55.4 Å². The van der Waals surface area contributed by atoms with Crippen molar-refractivity contribution in [1.82, 2.24) is 31.9 Å². The van der Waals surface area contributed by atoms with Crippen LogP contribution in [0.5, 0.6) is 0 Å². The molecule has 6 fully saturated rings. The summed E-state index contributed by atoms with van der Waals surface area (Å²) in [7, 11) is 0. The molecular formula is C66H116N6O16. The highest BCUT2D eigenvalue weighted by molar-refractivity contribution is 5.78. The van der Waals surface area contributed by atoms with E-state index in [0.29, 0.717) is 64.7 Å². The first-order chi connectivity index (χ1) is 41.1. The lowest BCUT2D eigenvalue weighted by atomic mass is 9.68. The molecule has 0 aromatic rings. The first-order valence-electron chi connectivity index (χ1n) is 33.5. The fraction of sp³-hybridized carbons (Fsp3) is 0.909. The van der Waals surface area contributed by atoms with Gasteiger partial charge >= 0.3 is 35.8 Å². The zero-order chi connectivity index (χ0) is 65.0. The highest BCUT2D eigenvalue weighted by Gasteiger charge is 2.50. The number of carbonyl (C=O) groups is 6. The summed E-state index contributed by atoms with van der Waals surface area (Å²) in [5.41, 5.74) is -5.34.